The van der Waals surface area contributed by atoms with Gasteiger partial charge in [0.1, 0.15) is 5.75 Å². The van der Waals surface area contributed by atoms with Crippen LogP contribution in [0.2, 0.25) is 0 Å². The first kappa shape index (κ1) is 16.9. The normalized spacial score (nSPS) is 15.3. The number of hydrogen-bond acceptors (Lipinski definition) is 4. The minimum Gasteiger partial charge on any atom is -0.493 e. The average Bonchev–Trinajstić information content (AvgIpc) is 2.72. The number of aromatic nitrogens is 1. The van der Waals surface area contributed by atoms with Gasteiger partial charge in [0.15, 0.2) is 0 Å². The van der Waals surface area contributed by atoms with Crippen molar-refractivity contribution in [3.8, 4) is 5.75 Å². The van der Waals surface area contributed by atoms with Gasteiger partial charge in [-0.3, -0.25) is 9.88 Å². The van der Waals surface area contributed by atoms with Crippen LogP contribution in [0, 0.1) is 0 Å². The second kappa shape index (κ2) is 8.19. The van der Waals surface area contributed by atoms with Crippen LogP contribution in [-0.4, -0.2) is 49.2 Å². The standard InChI is InChI=1S/C22H25N3O/c1-2-7-20(8-3-1)25-15-13-24(14-16-25)12-5-17-26-22-9-4-6-19-18-23-11-10-21(19)22/h1-4,6-11,18H,5,12-17H2. The van der Waals surface area contributed by atoms with E-state index in [-0.39, 0.29) is 0 Å². The molecule has 3 aromatic rings. The Hall–Kier alpha value is -2.59. The Bertz CT molecular complexity index is 824. The quantitative estimate of drug-likeness (QED) is 0.634. The van der Waals surface area contributed by atoms with Crippen molar-refractivity contribution in [2.75, 3.05) is 44.2 Å². The molecule has 1 saturated heterocycles. The van der Waals surface area contributed by atoms with E-state index < -0.39 is 0 Å². The summed E-state index contributed by atoms with van der Waals surface area (Å²) in [6.07, 6.45) is 4.75. The monoisotopic (exact) mass is 347 g/mol. The Morgan fingerprint density at radius 3 is 2.58 bits per heavy atom. The molecule has 1 aliphatic rings. The molecule has 2 aromatic carbocycles. The Kier molecular flexibility index (Phi) is 5.31. The number of hydrogen-bond donors (Lipinski definition) is 0. The van der Waals surface area contributed by atoms with Crippen LogP contribution >= 0.6 is 0 Å². The van der Waals surface area contributed by atoms with E-state index >= 15 is 0 Å². The van der Waals surface area contributed by atoms with E-state index in [0.717, 1.165) is 62.3 Å². The van der Waals surface area contributed by atoms with E-state index in [1.165, 1.54) is 5.69 Å². The van der Waals surface area contributed by atoms with E-state index in [0.29, 0.717) is 0 Å². The first-order valence-corrected chi connectivity index (χ1v) is 9.38. The highest BCUT2D eigenvalue weighted by Crippen LogP contribution is 2.24. The maximum absolute atomic E-state index is 6.04. The molecule has 2 heterocycles. The largest absolute Gasteiger partial charge is 0.493 e. The van der Waals surface area contributed by atoms with Crippen LogP contribution in [0.5, 0.6) is 5.75 Å². The first-order chi connectivity index (χ1) is 12.9. The van der Waals surface area contributed by atoms with Crippen molar-refractivity contribution in [2.45, 2.75) is 6.42 Å². The highest BCUT2D eigenvalue weighted by Gasteiger charge is 2.16. The highest BCUT2D eigenvalue weighted by molar-refractivity contribution is 5.87. The van der Waals surface area contributed by atoms with E-state index in [1.54, 1.807) is 0 Å². The van der Waals surface area contributed by atoms with Crippen LogP contribution < -0.4 is 9.64 Å². The SMILES string of the molecule is c1ccc(N2CCN(CCCOc3cccc4cnccc34)CC2)cc1. The molecular weight excluding hydrogens is 322 g/mol. The van der Waals surface area contributed by atoms with Crippen molar-refractivity contribution < 1.29 is 4.74 Å². The fraction of sp³-hybridized carbons (Fsp3) is 0.318. The first-order valence-electron chi connectivity index (χ1n) is 9.38. The molecule has 0 aliphatic carbocycles. The Morgan fingerprint density at radius 2 is 1.73 bits per heavy atom. The lowest BCUT2D eigenvalue weighted by Gasteiger charge is -2.36. The van der Waals surface area contributed by atoms with Crippen LogP contribution in [0.3, 0.4) is 0 Å². The van der Waals surface area contributed by atoms with Gasteiger partial charge in [-0.15, -0.1) is 0 Å². The molecule has 4 nitrogen and oxygen atoms in total. The average molecular weight is 347 g/mol. The van der Waals surface area contributed by atoms with Crippen molar-refractivity contribution in [3.05, 3.63) is 67.0 Å². The molecule has 4 rings (SSSR count). The van der Waals surface area contributed by atoms with E-state index in [9.17, 15) is 0 Å². The molecule has 0 unspecified atom stereocenters. The molecular formula is C22H25N3O. The van der Waals surface area contributed by atoms with Gasteiger partial charge >= 0.3 is 0 Å². The van der Waals surface area contributed by atoms with E-state index in [2.05, 4.69) is 51.2 Å². The van der Waals surface area contributed by atoms with Gasteiger partial charge in [-0.2, -0.15) is 0 Å². The van der Waals surface area contributed by atoms with Crippen molar-refractivity contribution in [3.63, 3.8) is 0 Å². The summed E-state index contributed by atoms with van der Waals surface area (Å²) in [6, 6.07) is 18.9. The Labute approximate surface area is 155 Å². The summed E-state index contributed by atoms with van der Waals surface area (Å²) in [5.41, 5.74) is 1.33. The molecule has 0 spiro atoms. The van der Waals surface area contributed by atoms with Gasteiger partial charge in [-0.25, -0.2) is 0 Å². The molecule has 0 atom stereocenters. The molecule has 134 valence electrons. The Balaban J connectivity index is 1.22. The molecule has 0 radical (unpaired) electrons. The van der Waals surface area contributed by atoms with Crippen LogP contribution in [0.15, 0.2) is 67.0 Å². The predicted octanol–water partition coefficient (Wildman–Crippen LogP) is 3.83. The van der Waals surface area contributed by atoms with Crippen molar-refractivity contribution in [1.82, 2.24) is 9.88 Å². The number of para-hydroxylation sites is 1. The number of rotatable bonds is 6. The molecule has 0 bridgehead atoms. The van der Waals surface area contributed by atoms with E-state index in [1.807, 2.05) is 30.6 Å². The number of anilines is 1. The van der Waals surface area contributed by atoms with Crippen LogP contribution in [0.4, 0.5) is 5.69 Å². The summed E-state index contributed by atoms with van der Waals surface area (Å²) in [5, 5.41) is 2.26. The molecule has 0 N–H and O–H groups in total. The number of nitrogens with zero attached hydrogens (tertiary/aromatic N) is 3. The second-order valence-electron chi connectivity index (χ2n) is 6.72. The van der Waals surface area contributed by atoms with Gasteiger partial charge in [-0.05, 0) is 30.7 Å². The number of pyridine rings is 1. The summed E-state index contributed by atoms with van der Waals surface area (Å²) < 4.78 is 6.04. The van der Waals surface area contributed by atoms with Crippen LogP contribution in [0.25, 0.3) is 10.8 Å². The fourth-order valence-electron chi connectivity index (χ4n) is 3.56. The summed E-state index contributed by atoms with van der Waals surface area (Å²) in [5.74, 6) is 0.957. The van der Waals surface area contributed by atoms with Crippen molar-refractivity contribution in [1.29, 1.82) is 0 Å². The number of piperazine rings is 1. The van der Waals surface area contributed by atoms with Crippen LogP contribution in [0.1, 0.15) is 6.42 Å². The molecule has 0 amide bonds. The van der Waals surface area contributed by atoms with E-state index in [4.69, 9.17) is 4.74 Å². The van der Waals surface area contributed by atoms with Crippen molar-refractivity contribution in [2.24, 2.45) is 0 Å². The molecule has 1 aromatic heterocycles. The zero-order valence-corrected chi connectivity index (χ0v) is 15.1. The van der Waals surface area contributed by atoms with Gasteiger partial charge in [0.05, 0.1) is 6.61 Å². The minimum atomic E-state index is 0.750. The lowest BCUT2D eigenvalue weighted by Crippen LogP contribution is -2.46. The molecule has 1 aliphatic heterocycles. The molecule has 0 saturated carbocycles. The van der Waals surface area contributed by atoms with Gasteiger partial charge in [0.25, 0.3) is 0 Å². The smallest absolute Gasteiger partial charge is 0.127 e. The van der Waals surface area contributed by atoms with Crippen LogP contribution in [-0.2, 0) is 0 Å². The van der Waals surface area contributed by atoms with Gasteiger partial charge in [0, 0.05) is 61.6 Å². The predicted molar refractivity (Wildman–Crippen MR) is 107 cm³/mol. The summed E-state index contributed by atoms with van der Waals surface area (Å²) in [6.45, 7) is 6.28. The summed E-state index contributed by atoms with van der Waals surface area (Å²) in [4.78, 5) is 9.18. The van der Waals surface area contributed by atoms with Gasteiger partial charge < -0.3 is 9.64 Å². The molecule has 26 heavy (non-hydrogen) atoms. The third kappa shape index (κ3) is 3.97. The molecule has 1 fully saturated rings. The lowest BCUT2D eigenvalue weighted by molar-refractivity contribution is 0.225. The number of fused-ring (bicyclic) bond motifs is 1. The zero-order valence-electron chi connectivity index (χ0n) is 15.1. The fourth-order valence-corrected chi connectivity index (χ4v) is 3.56. The molecule has 4 heteroatoms. The number of benzene rings is 2. The topological polar surface area (TPSA) is 28.6 Å². The van der Waals surface area contributed by atoms with Gasteiger partial charge in [0.2, 0.25) is 0 Å². The maximum atomic E-state index is 6.04. The third-order valence-corrected chi connectivity index (χ3v) is 5.01. The lowest BCUT2D eigenvalue weighted by atomic mass is 10.1. The van der Waals surface area contributed by atoms with Crippen molar-refractivity contribution >= 4 is 16.5 Å². The minimum absolute atomic E-state index is 0.750. The number of ether oxygens (including phenoxy) is 1. The van der Waals surface area contributed by atoms with Gasteiger partial charge in [-0.1, -0.05) is 30.3 Å². The Morgan fingerprint density at radius 1 is 0.885 bits per heavy atom. The summed E-state index contributed by atoms with van der Waals surface area (Å²) >= 11 is 0. The zero-order chi connectivity index (χ0) is 17.6. The summed E-state index contributed by atoms with van der Waals surface area (Å²) in [7, 11) is 0. The highest BCUT2D eigenvalue weighted by atomic mass is 16.5. The maximum Gasteiger partial charge on any atom is 0.127 e. The third-order valence-electron chi connectivity index (χ3n) is 5.01. The second-order valence-corrected chi connectivity index (χ2v) is 6.72.